The molecular formula is C25H20N8O5. The van der Waals surface area contributed by atoms with Crippen LogP contribution in [0.15, 0.2) is 85.1 Å². The Morgan fingerprint density at radius 1 is 0.974 bits per heavy atom. The highest BCUT2D eigenvalue weighted by Crippen LogP contribution is 2.30. The summed E-state index contributed by atoms with van der Waals surface area (Å²) in [7, 11) is 1.54. The Hall–Kier alpha value is -5.59. The van der Waals surface area contributed by atoms with Crippen molar-refractivity contribution in [1.29, 1.82) is 0 Å². The first-order valence-electron chi connectivity index (χ1n) is 11.3. The van der Waals surface area contributed by atoms with Gasteiger partial charge in [-0.1, -0.05) is 30.3 Å². The fraction of sp³-hybridized carbons (Fsp3) is 0.0800. The molecule has 0 bridgehead atoms. The molecule has 3 aromatic carbocycles. The molecule has 5 aromatic rings. The Morgan fingerprint density at radius 3 is 2.47 bits per heavy atom. The van der Waals surface area contributed by atoms with Crippen LogP contribution in [0.3, 0.4) is 0 Å². The number of nitro benzene ring substituents is 1. The van der Waals surface area contributed by atoms with E-state index in [0.29, 0.717) is 17.3 Å². The van der Waals surface area contributed by atoms with Gasteiger partial charge in [-0.3, -0.25) is 14.9 Å². The number of non-ortho nitro benzene ring substituents is 1. The normalized spacial score (nSPS) is 10.7. The number of methoxy groups -OCH3 is 1. The van der Waals surface area contributed by atoms with E-state index in [0.717, 1.165) is 5.56 Å². The summed E-state index contributed by atoms with van der Waals surface area (Å²) in [5.41, 5.74) is 0.847. The average Bonchev–Trinajstić information content (AvgIpc) is 3.60. The van der Waals surface area contributed by atoms with Gasteiger partial charge in [0.1, 0.15) is 17.2 Å². The first-order valence-corrected chi connectivity index (χ1v) is 11.3. The van der Waals surface area contributed by atoms with Crippen LogP contribution in [0.25, 0.3) is 11.4 Å². The van der Waals surface area contributed by atoms with Gasteiger partial charge in [-0.25, -0.2) is 4.68 Å². The molecule has 13 heteroatoms. The summed E-state index contributed by atoms with van der Waals surface area (Å²) < 4.78 is 12.3. The lowest BCUT2D eigenvalue weighted by Crippen LogP contribution is -2.16. The molecule has 0 aliphatic heterocycles. The van der Waals surface area contributed by atoms with Crippen LogP contribution in [0.1, 0.15) is 10.5 Å². The van der Waals surface area contributed by atoms with Crippen molar-refractivity contribution in [3.05, 3.63) is 101 Å². The van der Waals surface area contributed by atoms with E-state index in [1.165, 1.54) is 33.7 Å². The quantitative estimate of drug-likeness (QED) is 0.228. The van der Waals surface area contributed by atoms with Crippen molar-refractivity contribution in [3.8, 4) is 28.6 Å². The standard InChI is InChI=1S/C25H20N8O5/c1-37-20-7-9-21(10-8-20)38-22-14-18(13-19(15-22)33(35)36)26-25(34)23-11-12-31(28-23)16-32-29-24(27-30-32)17-5-3-2-4-6-17/h2-15H,16H2,1H3,(H,26,34). The Balaban J connectivity index is 1.28. The molecule has 1 amide bonds. The summed E-state index contributed by atoms with van der Waals surface area (Å²) in [6.45, 7) is 0.129. The second-order valence-electron chi connectivity index (χ2n) is 7.94. The van der Waals surface area contributed by atoms with Crippen LogP contribution in [0.4, 0.5) is 11.4 Å². The van der Waals surface area contributed by atoms with E-state index in [1.807, 2.05) is 30.3 Å². The number of tetrazole rings is 1. The Bertz CT molecular complexity index is 1580. The number of hydrogen-bond acceptors (Lipinski definition) is 9. The number of benzene rings is 3. The van der Waals surface area contributed by atoms with Crippen molar-refractivity contribution in [3.63, 3.8) is 0 Å². The number of carbonyl (C=O) groups excluding carboxylic acids is 1. The molecule has 0 aliphatic rings. The fourth-order valence-corrected chi connectivity index (χ4v) is 3.49. The van der Waals surface area contributed by atoms with Crippen LogP contribution in [0.5, 0.6) is 17.2 Å². The van der Waals surface area contributed by atoms with Crippen molar-refractivity contribution < 1.29 is 19.2 Å². The molecule has 1 N–H and O–H groups in total. The largest absolute Gasteiger partial charge is 0.497 e. The summed E-state index contributed by atoms with van der Waals surface area (Å²) >= 11 is 0. The molecule has 0 unspecified atom stereocenters. The minimum atomic E-state index is -0.569. The number of nitrogens with zero attached hydrogens (tertiary/aromatic N) is 7. The number of nitrogens with one attached hydrogen (secondary N) is 1. The van der Waals surface area contributed by atoms with E-state index in [9.17, 15) is 14.9 Å². The second kappa shape index (κ2) is 10.6. The van der Waals surface area contributed by atoms with Gasteiger partial charge >= 0.3 is 0 Å². The van der Waals surface area contributed by atoms with Crippen LogP contribution in [0, 0.1) is 10.1 Å². The zero-order valence-electron chi connectivity index (χ0n) is 20.0. The van der Waals surface area contributed by atoms with Gasteiger partial charge in [-0.05, 0) is 35.5 Å². The number of anilines is 1. The lowest BCUT2D eigenvalue weighted by atomic mass is 10.2. The maximum Gasteiger partial charge on any atom is 0.276 e. The third-order valence-electron chi connectivity index (χ3n) is 5.28. The van der Waals surface area contributed by atoms with E-state index in [-0.39, 0.29) is 29.5 Å². The van der Waals surface area contributed by atoms with Gasteiger partial charge in [-0.2, -0.15) is 5.10 Å². The number of rotatable bonds is 9. The fourth-order valence-electron chi connectivity index (χ4n) is 3.49. The number of ether oxygens (including phenoxy) is 2. The summed E-state index contributed by atoms with van der Waals surface area (Å²) in [6.07, 6.45) is 1.59. The van der Waals surface area contributed by atoms with Crippen molar-refractivity contribution in [2.75, 3.05) is 12.4 Å². The summed E-state index contributed by atoms with van der Waals surface area (Å²) in [5.74, 6) is 1.17. The number of hydrogen-bond donors (Lipinski definition) is 1. The van der Waals surface area contributed by atoms with Crippen LogP contribution < -0.4 is 14.8 Å². The molecule has 190 valence electrons. The van der Waals surface area contributed by atoms with Crippen molar-refractivity contribution >= 4 is 17.3 Å². The second-order valence-corrected chi connectivity index (χ2v) is 7.94. The monoisotopic (exact) mass is 512 g/mol. The van der Waals surface area contributed by atoms with Gasteiger partial charge < -0.3 is 14.8 Å². The molecule has 0 fully saturated rings. The molecule has 2 heterocycles. The number of aromatic nitrogens is 6. The van der Waals surface area contributed by atoms with E-state index in [1.54, 1.807) is 37.6 Å². The van der Waals surface area contributed by atoms with Crippen LogP contribution >= 0.6 is 0 Å². The number of carbonyl (C=O) groups is 1. The van der Waals surface area contributed by atoms with Gasteiger partial charge in [0.05, 0.1) is 23.8 Å². The third-order valence-corrected chi connectivity index (χ3v) is 5.28. The molecule has 0 saturated carbocycles. The number of nitro groups is 1. The lowest BCUT2D eigenvalue weighted by Gasteiger charge is -2.09. The topological polar surface area (TPSA) is 152 Å². The predicted octanol–water partition coefficient (Wildman–Crippen LogP) is 4.00. The summed E-state index contributed by atoms with van der Waals surface area (Å²) in [4.78, 5) is 25.1. The molecule has 13 nitrogen and oxygen atoms in total. The highest BCUT2D eigenvalue weighted by molar-refractivity contribution is 6.03. The van der Waals surface area contributed by atoms with Gasteiger partial charge in [0.2, 0.25) is 5.82 Å². The minimum Gasteiger partial charge on any atom is -0.497 e. The molecule has 0 aliphatic carbocycles. The first kappa shape index (κ1) is 24.1. The molecule has 38 heavy (non-hydrogen) atoms. The maximum absolute atomic E-state index is 12.8. The third kappa shape index (κ3) is 5.62. The molecule has 2 aromatic heterocycles. The van der Waals surface area contributed by atoms with Gasteiger partial charge in [0.25, 0.3) is 11.6 Å². The minimum absolute atomic E-state index is 0.0949. The van der Waals surface area contributed by atoms with Crippen LogP contribution in [-0.4, -0.2) is 47.9 Å². The maximum atomic E-state index is 12.8. The SMILES string of the molecule is COc1ccc(Oc2cc(NC(=O)c3ccn(Cn4nnc(-c5ccccc5)n4)n3)cc([N+](=O)[O-])c2)cc1. The van der Waals surface area contributed by atoms with Crippen molar-refractivity contribution in [2.24, 2.45) is 0 Å². The van der Waals surface area contributed by atoms with Crippen LogP contribution in [-0.2, 0) is 6.67 Å². The number of amides is 1. The molecule has 0 spiro atoms. The average molecular weight is 512 g/mol. The highest BCUT2D eigenvalue weighted by Gasteiger charge is 2.16. The van der Waals surface area contributed by atoms with E-state index in [2.05, 4.69) is 25.8 Å². The molecule has 0 atom stereocenters. The zero-order chi connectivity index (χ0) is 26.5. The van der Waals surface area contributed by atoms with Crippen molar-refractivity contribution in [1.82, 2.24) is 30.0 Å². The van der Waals surface area contributed by atoms with E-state index in [4.69, 9.17) is 9.47 Å². The lowest BCUT2D eigenvalue weighted by molar-refractivity contribution is -0.384. The smallest absolute Gasteiger partial charge is 0.276 e. The van der Waals surface area contributed by atoms with Gasteiger partial charge in [0.15, 0.2) is 12.4 Å². The van der Waals surface area contributed by atoms with Crippen molar-refractivity contribution in [2.45, 2.75) is 6.67 Å². The highest BCUT2D eigenvalue weighted by atomic mass is 16.6. The zero-order valence-corrected chi connectivity index (χ0v) is 20.0. The van der Waals surface area contributed by atoms with E-state index < -0.39 is 10.8 Å². The van der Waals surface area contributed by atoms with Gasteiger partial charge in [0, 0.05) is 23.9 Å². The predicted molar refractivity (Wildman–Crippen MR) is 135 cm³/mol. The molecule has 0 saturated heterocycles. The summed E-state index contributed by atoms with van der Waals surface area (Å²) in [5, 5.41) is 30.7. The van der Waals surface area contributed by atoms with Gasteiger partial charge in [-0.15, -0.1) is 15.0 Å². The molecular weight excluding hydrogens is 492 g/mol. The molecule has 5 rings (SSSR count). The Kier molecular flexibility index (Phi) is 6.71. The Labute approximate surface area is 215 Å². The molecule has 0 radical (unpaired) electrons. The van der Waals surface area contributed by atoms with E-state index >= 15 is 0 Å². The summed E-state index contributed by atoms with van der Waals surface area (Å²) in [6, 6.07) is 21.6. The van der Waals surface area contributed by atoms with Crippen LogP contribution in [0.2, 0.25) is 0 Å². The first-order chi connectivity index (χ1) is 18.5. The Morgan fingerprint density at radius 2 is 1.74 bits per heavy atom.